The Bertz CT molecular complexity index is 366. The topological polar surface area (TPSA) is 32.3 Å². The van der Waals surface area contributed by atoms with Crippen LogP contribution in [0.15, 0.2) is 24.3 Å². The second kappa shape index (κ2) is 5.82. The first-order chi connectivity index (χ1) is 8.24. The maximum Gasteiger partial charge on any atom is 0.221 e. The number of carbonyl (C=O) groups is 1. The highest BCUT2D eigenvalue weighted by atomic mass is 16.1. The Morgan fingerprint density at radius 2 is 1.82 bits per heavy atom. The fraction of sp³-hybridized carbons (Fsp3) is 0.500. The number of hydrogen-bond donors (Lipinski definition) is 1. The Morgan fingerprint density at radius 3 is 2.41 bits per heavy atom. The zero-order valence-corrected chi connectivity index (χ0v) is 10.4. The van der Waals surface area contributed by atoms with Crippen LogP contribution in [0.3, 0.4) is 0 Å². The quantitative estimate of drug-likeness (QED) is 0.869. The lowest BCUT2D eigenvalue weighted by atomic mass is 10.1. The lowest BCUT2D eigenvalue weighted by Crippen LogP contribution is -2.29. The van der Waals surface area contributed by atoms with E-state index in [4.69, 9.17) is 0 Å². The van der Waals surface area contributed by atoms with E-state index < -0.39 is 0 Å². The Balaban J connectivity index is 1.90. The summed E-state index contributed by atoms with van der Waals surface area (Å²) in [6, 6.07) is 8.14. The van der Waals surface area contributed by atoms with Crippen molar-refractivity contribution in [1.29, 1.82) is 0 Å². The van der Waals surface area contributed by atoms with E-state index in [1.165, 1.54) is 44.8 Å². The van der Waals surface area contributed by atoms with Gasteiger partial charge in [0.2, 0.25) is 5.91 Å². The summed E-state index contributed by atoms with van der Waals surface area (Å²) in [5, 5.41) is 2.78. The van der Waals surface area contributed by atoms with Crippen LogP contribution in [-0.4, -0.2) is 23.9 Å². The highest BCUT2D eigenvalue weighted by molar-refractivity contribution is 5.88. The van der Waals surface area contributed by atoms with Crippen LogP contribution in [0, 0.1) is 0 Å². The third kappa shape index (κ3) is 3.86. The predicted octanol–water partition coefficient (Wildman–Crippen LogP) is 2.63. The van der Waals surface area contributed by atoms with Crippen molar-refractivity contribution < 1.29 is 4.79 Å². The van der Waals surface area contributed by atoms with Gasteiger partial charge in [0.1, 0.15) is 0 Å². The minimum atomic E-state index is -0.0196. The van der Waals surface area contributed by atoms with Gasteiger partial charge in [-0.05, 0) is 43.6 Å². The van der Waals surface area contributed by atoms with E-state index in [-0.39, 0.29) is 5.91 Å². The molecule has 0 saturated carbocycles. The number of nitrogens with zero attached hydrogens (tertiary/aromatic N) is 1. The minimum Gasteiger partial charge on any atom is -0.326 e. The number of carbonyl (C=O) groups excluding carboxylic acids is 1. The summed E-state index contributed by atoms with van der Waals surface area (Å²) in [6.07, 6.45) is 4.02. The minimum absolute atomic E-state index is 0.0196. The molecule has 0 unspecified atom stereocenters. The van der Waals surface area contributed by atoms with Gasteiger partial charge in [-0.15, -0.1) is 0 Å². The molecule has 1 aromatic carbocycles. The lowest BCUT2D eigenvalue weighted by Gasteiger charge is -2.26. The van der Waals surface area contributed by atoms with Gasteiger partial charge in [-0.25, -0.2) is 0 Å². The van der Waals surface area contributed by atoms with E-state index in [1.807, 2.05) is 12.1 Å². The van der Waals surface area contributed by atoms with E-state index in [0.717, 1.165) is 12.2 Å². The molecule has 1 amide bonds. The van der Waals surface area contributed by atoms with E-state index >= 15 is 0 Å². The van der Waals surface area contributed by atoms with Crippen LogP contribution in [0.5, 0.6) is 0 Å². The molecule has 0 aromatic heterocycles. The van der Waals surface area contributed by atoms with Crippen molar-refractivity contribution in [3.63, 3.8) is 0 Å². The number of piperidine rings is 1. The first kappa shape index (κ1) is 12.1. The van der Waals surface area contributed by atoms with E-state index in [2.05, 4.69) is 22.3 Å². The summed E-state index contributed by atoms with van der Waals surface area (Å²) < 4.78 is 0. The maximum atomic E-state index is 10.9. The number of nitrogens with one attached hydrogen (secondary N) is 1. The normalized spacial score (nSPS) is 16.8. The lowest BCUT2D eigenvalue weighted by molar-refractivity contribution is -0.114. The SMILES string of the molecule is CC(=O)Nc1ccc(CN2CCCCC2)cc1. The molecule has 0 bridgehead atoms. The smallest absolute Gasteiger partial charge is 0.221 e. The van der Waals surface area contributed by atoms with Crippen molar-refractivity contribution in [2.24, 2.45) is 0 Å². The summed E-state index contributed by atoms with van der Waals surface area (Å²) in [6.45, 7) is 4.99. The second-order valence-electron chi connectivity index (χ2n) is 4.71. The van der Waals surface area contributed by atoms with Gasteiger partial charge in [0.25, 0.3) is 0 Å². The highest BCUT2D eigenvalue weighted by Gasteiger charge is 2.10. The molecule has 0 aliphatic carbocycles. The largest absolute Gasteiger partial charge is 0.326 e. The molecule has 1 aliphatic heterocycles. The number of hydrogen-bond acceptors (Lipinski definition) is 2. The fourth-order valence-electron chi connectivity index (χ4n) is 2.27. The molecule has 1 saturated heterocycles. The van der Waals surface area contributed by atoms with Crippen molar-refractivity contribution in [2.45, 2.75) is 32.7 Å². The molecule has 1 heterocycles. The van der Waals surface area contributed by atoms with Gasteiger partial charge in [-0.1, -0.05) is 18.6 Å². The Morgan fingerprint density at radius 1 is 1.18 bits per heavy atom. The Kier molecular flexibility index (Phi) is 4.15. The van der Waals surface area contributed by atoms with Gasteiger partial charge in [0.05, 0.1) is 0 Å². The first-order valence-electron chi connectivity index (χ1n) is 6.33. The summed E-state index contributed by atoms with van der Waals surface area (Å²) in [4.78, 5) is 13.4. The average molecular weight is 232 g/mol. The Labute approximate surface area is 103 Å². The molecule has 1 N–H and O–H groups in total. The first-order valence-corrected chi connectivity index (χ1v) is 6.33. The predicted molar refractivity (Wildman–Crippen MR) is 69.9 cm³/mol. The molecule has 0 atom stereocenters. The van der Waals surface area contributed by atoms with Crippen LogP contribution in [0.1, 0.15) is 31.7 Å². The molecule has 3 heteroatoms. The summed E-state index contributed by atoms with van der Waals surface area (Å²) in [5.41, 5.74) is 2.20. The summed E-state index contributed by atoms with van der Waals surface area (Å²) >= 11 is 0. The molecule has 3 nitrogen and oxygen atoms in total. The highest BCUT2D eigenvalue weighted by Crippen LogP contribution is 2.15. The molecular formula is C14H20N2O. The monoisotopic (exact) mass is 232 g/mol. The number of anilines is 1. The maximum absolute atomic E-state index is 10.9. The second-order valence-corrected chi connectivity index (χ2v) is 4.71. The van der Waals surface area contributed by atoms with Gasteiger partial charge in [0, 0.05) is 19.2 Å². The molecule has 0 spiro atoms. The van der Waals surface area contributed by atoms with Crippen molar-refractivity contribution in [2.75, 3.05) is 18.4 Å². The molecule has 0 radical (unpaired) electrons. The van der Waals surface area contributed by atoms with E-state index in [0.29, 0.717) is 0 Å². The fourth-order valence-corrected chi connectivity index (χ4v) is 2.27. The van der Waals surface area contributed by atoms with Crippen LogP contribution in [0.4, 0.5) is 5.69 Å². The van der Waals surface area contributed by atoms with Gasteiger partial charge >= 0.3 is 0 Å². The summed E-state index contributed by atoms with van der Waals surface area (Å²) in [5.74, 6) is -0.0196. The number of rotatable bonds is 3. The van der Waals surface area contributed by atoms with Crippen LogP contribution >= 0.6 is 0 Å². The molecule has 2 rings (SSSR count). The summed E-state index contributed by atoms with van der Waals surface area (Å²) in [7, 11) is 0. The van der Waals surface area contributed by atoms with Crippen LogP contribution in [-0.2, 0) is 11.3 Å². The van der Waals surface area contributed by atoms with Crippen molar-refractivity contribution in [3.05, 3.63) is 29.8 Å². The van der Waals surface area contributed by atoms with Crippen LogP contribution < -0.4 is 5.32 Å². The zero-order chi connectivity index (χ0) is 12.1. The van der Waals surface area contributed by atoms with E-state index in [1.54, 1.807) is 0 Å². The van der Waals surface area contributed by atoms with Gasteiger partial charge in [-0.3, -0.25) is 9.69 Å². The number of likely N-dealkylation sites (tertiary alicyclic amines) is 1. The van der Waals surface area contributed by atoms with Gasteiger partial charge in [-0.2, -0.15) is 0 Å². The van der Waals surface area contributed by atoms with Crippen molar-refractivity contribution in [3.8, 4) is 0 Å². The number of amides is 1. The number of benzene rings is 1. The van der Waals surface area contributed by atoms with E-state index in [9.17, 15) is 4.79 Å². The zero-order valence-electron chi connectivity index (χ0n) is 10.4. The molecular weight excluding hydrogens is 212 g/mol. The third-order valence-corrected chi connectivity index (χ3v) is 3.13. The molecule has 17 heavy (non-hydrogen) atoms. The third-order valence-electron chi connectivity index (χ3n) is 3.13. The standard InChI is InChI=1S/C14H20N2O/c1-12(17)15-14-7-5-13(6-8-14)11-16-9-3-2-4-10-16/h5-8H,2-4,9-11H2,1H3,(H,15,17). The van der Waals surface area contributed by atoms with Gasteiger partial charge in [0.15, 0.2) is 0 Å². The van der Waals surface area contributed by atoms with Crippen molar-refractivity contribution in [1.82, 2.24) is 4.90 Å². The van der Waals surface area contributed by atoms with Crippen LogP contribution in [0.2, 0.25) is 0 Å². The van der Waals surface area contributed by atoms with Crippen molar-refractivity contribution >= 4 is 11.6 Å². The van der Waals surface area contributed by atoms with Gasteiger partial charge < -0.3 is 5.32 Å². The molecule has 92 valence electrons. The molecule has 1 fully saturated rings. The molecule has 1 aromatic rings. The average Bonchev–Trinajstić information content (AvgIpc) is 2.32. The van der Waals surface area contributed by atoms with Crippen LogP contribution in [0.25, 0.3) is 0 Å². The Hall–Kier alpha value is -1.35. The molecule has 1 aliphatic rings.